The Bertz CT molecular complexity index is 385. The monoisotopic (exact) mass is 269 g/mol. The molecule has 0 spiro atoms. The number of carboxylic acids is 1. The normalized spacial score (nSPS) is 27.2. The van der Waals surface area contributed by atoms with Crippen LogP contribution in [0.5, 0.6) is 0 Å². The third kappa shape index (κ3) is 3.98. The topological polar surface area (TPSA) is 66.8 Å². The molecule has 0 aromatic heterocycles. The Labute approximate surface area is 114 Å². The summed E-state index contributed by atoms with van der Waals surface area (Å²) < 4.78 is 5.27. The van der Waals surface area contributed by atoms with Crippen molar-refractivity contribution in [3.8, 4) is 0 Å². The molecule has 0 saturated carbocycles. The van der Waals surface area contributed by atoms with Gasteiger partial charge in [-0.15, -0.1) is 6.58 Å². The molecule has 1 heterocycles. The number of aliphatic carboxylic acids is 1. The second-order valence-electron chi connectivity index (χ2n) is 6.47. The Morgan fingerprint density at radius 1 is 1.53 bits per heavy atom. The fourth-order valence-corrected chi connectivity index (χ4v) is 2.39. The average molecular weight is 269 g/mol. The number of rotatable bonds is 3. The first kappa shape index (κ1) is 15.5. The van der Waals surface area contributed by atoms with Gasteiger partial charge in [0.15, 0.2) is 0 Å². The lowest BCUT2D eigenvalue weighted by Crippen LogP contribution is -2.43. The number of ether oxygens (including phenoxy) is 1. The summed E-state index contributed by atoms with van der Waals surface area (Å²) >= 11 is 0. The molecule has 2 atom stereocenters. The van der Waals surface area contributed by atoms with E-state index in [1.54, 1.807) is 26.8 Å². The highest BCUT2D eigenvalue weighted by molar-refractivity contribution is 5.81. The molecule has 0 radical (unpaired) electrons. The van der Waals surface area contributed by atoms with Crippen molar-refractivity contribution in [2.75, 3.05) is 6.54 Å². The Hall–Kier alpha value is -1.52. The largest absolute Gasteiger partial charge is 0.480 e. The van der Waals surface area contributed by atoms with Gasteiger partial charge in [-0.2, -0.15) is 0 Å². The number of hydrogen-bond donors (Lipinski definition) is 1. The summed E-state index contributed by atoms with van der Waals surface area (Å²) in [5.74, 6) is -0.987. The van der Waals surface area contributed by atoms with Crippen molar-refractivity contribution >= 4 is 12.1 Å². The zero-order chi connectivity index (χ0) is 14.8. The lowest BCUT2D eigenvalue weighted by Gasteiger charge is -2.27. The Kier molecular flexibility index (Phi) is 4.28. The van der Waals surface area contributed by atoms with Gasteiger partial charge >= 0.3 is 12.1 Å². The van der Waals surface area contributed by atoms with E-state index in [4.69, 9.17) is 4.74 Å². The Morgan fingerprint density at radius 2 is 2.11 bits per heavy atom. The van der Waals surface area contributed by atoms with Gasteiger partial charge in [0, 0.05) is 6.54 Å². The molecule has 1 aliphatic heterocycles. The lowest BCUT2D eigenvalue weighted by atomic mass is 9.84. The highest BCUT2D eigenvalue weighted by atomic mass is 16.6. The maximum absolute atomic E-state index is 12.1. The summed E-state index contributed by atoms with van der Waals surface area (Å²) in [4.78, 5) is 24.7. The molecule has 0 bridgehead atoms. The van der Waals surface area contributed by atoms with Gasteiger partial charge in [-0.25, -0.2) is 9.59 Å². The quantitative estimate of drug-likeness (QED) is 0.800. The van der Waals surface area contributed by atoms with Crippen LogP contribution in [0.15, 0.2) is 12.7 Å². The van der Waals surface area contributed by atoms with Crippen LogP contribution in [0.25, 0.3) is 0 Å². The lowest BCUT2D eigenvalue weighted by molar-refractivity contribution is -0.142. The molecule has 0 unspecified atom stereocenters. The first-order chi connectivity index (χ1) is 8.58. The number of carbonyl (C=O) groups excluding carboxylic acids is 1. The van der Waals surface area contributed by atoms with Crippen molar-refractivity contribution in [3.63, 3.8) is 0 Å². The third-order valence-corrected chi connectivity index (χ3v) is 3.16. The van der Waals surface area contributed by atoms with E-state index in [2.05, 4.69) is 6.58 Å². The second kappa shape index (κ2) is 5.23. The molecule has 1 amide bonds. The molecule has 1 aliphatic rings. The predicted molar refractivity (Wildman–Crippen MR) is 71.9 cm³/mol. The number of amides is 1. The zero-order valence-corrected chi connectivity index (χ0v) is 12.1. The molecule has 0 aliphatic carbocycles. The summed E-state index contributed by atoms with van der Waals surface area (Å²) in [5, 5.41) is 9.26. The van der Waals surface area contributed by atoms with Crippen LogP contribution >= 0.6 is 0 Å². The van der Waals surface area contributed by atoms with Gasteiger partial charge in [0.2, 0.25) is 0 Å². The van der Waals surface area contributed by atoms with Crippen molar-refractivity contribution in [2.24, 2.45) is 5.41 Å². The van der Waals surface area contributed by atoms with Crippen LogP contribution in [0.3, 0.4) is 0 Å². The molecule has 5 heteroatoms. The predicted octanol–water partition coefficient (Wildman–Crippen LogP) is 2.66. The summed E-state index contributed by atoms with van der Waals surface area (Å²) in [6, 6.07) is -0.820. The maximum atomic E-state index is 12.1. The van der Waals surface area contributed by atoms with E-state index in [1.165, 1.54) is 4.90 Å². The van der Waals surface area contributed by atoms with Crippen LogP contribution < -0.4 is 0 Å². The van der Waals surface area contributed by atoms with Crippen LogP contribution in [0.2, 0.25) is 0 Å². The van der Waals surface area contributed by atoms with Gasteiger partial charge in [-0.1, -0.05) is 13.0 Å². The minimum atomic E-state index is -0.987. The fourth-order valence-electron chi connectivity index (χ4n) is 2.39. The van der Waals surface area contributed by atoms with E-state index >= 15 is 0 Å². The van der Waals surface area contributed by atoms with Gasteiger partial charge in [-0.3, -0.25) is 4.90 Å². The highest BCUT2D eigenvalue weighted by Gasteiger charge is 2.46. The van der Waals surface area contributed by atoms with Gasteiger partial charge in [-0.05, 0) is 39.0 Å². The standard InChI is InChI=1S/C14H23NO4/c1-6-7-14(5)8-10(11(16)17)15(9-14)12(18)19-13(2,3)4/h6,10H,1,7-9H2,2-5H3,(H,16,17)/t10-,14+/m0/s1. The van der Waals surface area contributed by atoms with Crippen LogP contribution in [-0.2, 0) is 9.53 Å². The van der Waals surface area contributed by atoms with E-state index in [9.17, 15) is 14.7 Å². The van der Waals surface area contributed by atoms with Crippen molar-refractivity contribution in [1.29, 1.82) is 0 Å². The third-order valence-electron chi connectivity index (χ3n) is 3.16. The molecule has 19 heavy (non-hydrogen) atoms. The summed E-state index contributed by atoms with van der Waals surface area (Å²) in [7, 11) is 0. The first-order valence-corrected chi connectivity index (χ1v) is 6.41. The van der Waals surface area contributed by atoms with Crippen LogP contribution in [0, 0.1) is 5.41 Å². The van der Waals surface area contributed by atoms with Crippen molar-refractivity contribution in [1.82, 2.24) is 4.90 Å². The molecule has 1 saturated heterocycles. The number of carboxylic acid groups (broad SMARTS) is 1. The fraction of sp³-hybridized carbons (Fsp3) is 0.714. The molecule has 0 aromatic carbocycles. The minimum absolute atomic E-state index is 0.248. The van der Waals surface area contributed by atoms with E-state index in [0.29, 0.717) is 19.4 Å². The molecule has 108 valence electrons. The number of nitrogens with zero attached hydrogens (tertiary/aromatic N) is 1. The summed E-state index contributed by atoms with van der Waals surface area (Å²) in [5.41, 5.74) is -0.876. The van der Waals surface area contributed by atoms with E-state index in [-0.39, 0.29) is 5.41 Å². The Morgan fingerprint density at radius 3 is 2.53 bits per heavy atom. The number of carbonyl (C=O) groups is 2. The maximum Gasteiger partial charge on any atom is 0.411 e. The van der Waals surface area contributed by atoms with Gasteiger partial charge in [0.05, 0.1) is 0 Å². The number of allylic oxidation sites excluding steroid dienone is 1. The first-order valence-electron chi connectivity index (χ1n) is 6.41. The molecule has 1 fully saturated rings. The second-order valence-corrected chi connectivity index (χ2v) is 6.47. The van der Waals surface area contributed by atoms with E-state index in [0.717, 1.165) is 0 Å². The highest BCUT2D eigenvalue weighted by Crippen LogP contribution is 2.38. The van der Waals surface area contributed by atoms with Crippen LogP contribution in [-0.4, -0.2) is 40.3 Å². The van der Waals surface area contributed by atoms with Gasteiger partial charge in [0.25, 0.3) is 0 Å². The van der Waals surface area contributed by atoms with Crippen molar-refractivity contribution in [2.45, 2.75) is 52.2 Å². The molecule has 1 rings (SSSR count). The van der Waals surface area contributed by atoms with Gasteiger partial charge < -0.3 is 9.84 Å². The summed E-state index contributed by atoms with van der Waals surface area (Å²) in [6.07, 6.45) is 2.30. The van der Waals surface area contributed by atoms with Crippen molar-refractivity contribution < 1.29 is 19.4 Å². The molecule has 0 aromatic rings. The molecular formula is C14H23NO4. The van der Waals surface area contributed by atoms with E-state index < -0.39 is 23.7 Å². The molecule has 1 N–H and O–H groups in total. The smallest absolute Gasteiger partial charge is 0.411 e. The SMILES string of the molecule is C=CC[C@]1(C)C[C@@H](C(=O)O)N(C(=O)OC(C)(C)C)C1. The van der Waals surface area contributed by atoms with Gasteiger partial charge in [0.1, 0.15) is 11.6 Å². The van der Waals surface area contributed by atoms with Crippen LogP contribution in [0.4, 0.5) is 4.79 Å². The minimum Gasteiger partial charge on any atom is -0.480 e. The summed E-state index contributed by atoms with van der Waals surface area (Å²) in [6.45, 7) is 11.3. The molecular weight excluding hydrogens is 246 g/mol. The van der Waals surface area contributed by atoms with Crippen LogP contribution in [0.1, 0.15) is 40.5 Å². The Balaban J connectivity index is 2.88. The zero-order valence-electron chi connectivity index (χ0n) is 12.1. The van der Waals surface area contributed by atoms with E-state index in [1.807, 2.05) is 6.92 Å². The number of likely N-dealkylation sites (tertiary alicyclic amines) is 1. The number of hydrogen-bond acceptors (Lipinski definition) is 3. The molecule has 5 nitrogen and oxygen atoms in total. The van der Waals surface area contributed by atoms with Crippen molar-refractivity contribution in [3.05, 3.63) is 12.7 Å². The average Bonchev–Trinajstić information content (AvgIpc) is 2.54.